The maximum absolute atomic E-state index is 10.1. The molecule has 3 rings (SSSR count). The molecule has 1 spiro atoms. The van der Waals surface area contributed by atoms with E-state index >= 15 is 0 Å². The zero-order valence-corrected chi connectivity index (χ0v) is 10.1. The lowest BCUT2D eigenvalue weighted by Gasteiger charge is -2.63. The van der Waals surface area contributed by atoms with Crippen LogP contribution in [0, 0.1) is 22.7 Å². The van der Waals surface area contributed by atoms with Gasteiger partial charge in [0, 0.05) is 0 Å². The second-order valence-electron chi connectivity index (χ2n) is 6.61. The van der Waals surface area contributed by atoms with E-state index in [1.54, 1.807) is 0 Å². The Morgan fingerprint density at radius 1 is 1.27 bits per heavy atom. The molecule has 1 heteroatoms. The molecule has 0 aromatic carbocycles. The summed E-state index contributed by atoms with van der Waals surface area (Å²) in [6, 6.07) is 0. The first kappa shape index (κ1) is 10.1. The maximum atomic E-state index is 10.1. The average Bonchev–Trinajstić information content (AvgIpc) is 2.52. The molecule has 3 aliphatic carbocycles. The Labute approximate surface area is 93.3 Å². The maximum Gasteiger partial charge on any atom is 0.0573 e. The van der Waals surface area contributed by atoms with E-state index in [4.69, 9.17) is 0 Å². The fraction of sp³-hybridized carbons (Fsp3) is 1.00. The zero-order chi connectivity index (χ0) is 10.7. The highest BCUT2D eigenvalue weighted by molar-refractivity contribution is 5.16. The van der Waals surface area contributed by atoms with Gasteiger partial charge in [0.05, 0.1) is 6.10 Å². The lowest BCUT2D eigenvalue weighted by molar-refractivity contribution is -0.163. The van der Waals surface area contributed by atoms with Crippen LogP contribution >= 0.6 is 0 Å². The van der Waals surface area contributed by atoms with Gasteiger partial charge >= 0.3 is 0 Å². The van der Waals surface area contributed by atoms with Gasteiger partial charge in [0.1, 0.15) is 0 Å². The summed E-state index contributed by atoms with van der Waals surface area (Å²) in [5, 5.41) is 10.1. The normalized spacial score (nSPS) is 58.2. The predicted octanol–water partition coefficient (Wildman–Crippen LogP) is 3.36. The van der Waals surface area contributed by atoms with Crippen molar-refractivity contribution in [2.24, 2.45) is 22.7 Å². The zero-order valence-electron chi connectivity index (χ0n) is 10.1. The molecule has 0 aromatic heterocycles. The minimum atomic E-state index is 0.0326. The lowest BCUT2D eigenvalue weighted by Crippen LogP contribution is -2.57. The Balaban J connectivity index is 1.88. The fourth-order valence-corrected chi connectivity index (χ4v) is 5.46. The summed E-state index contributed by atoms with van der Waals surface area (Å²) in [5.74, 6) is 1.60. The van der Waals surface area contributed by atoms with Crippen molar-refractivity contribution < 1.29 is 5.11 Å². The first-order valence-electron chi connectivity index (χ1n) is 6.80. The van der Waals surface area contributed by atoms with E-state index in [0.29, 0.717) is 16.7 Å². The minimum Gasteiger partial charge on any atom is -0.393 e. The van der Waals surface area contributed by atoms with Crippen LogP contribution in [0.2, 0.25) is 0 Å². The van der Waals surface area contributed by atoms with Crippen molar-refractivity contribution in [1.82, 2.24) is 0 Å². The van der Waals surface area contributed by atoms with Crippen LogP contribution in [0.5, 0.6) is 0 Å². The van der Waals surface area contributed by atoms with Gasteiger partial charge in [-0.2, -0.15) is 0 Å². The third-order valence-corrected chi connectivity index (χ3v) is 6.19. The van der Waals surface area contributed by atoms with E-state index in [-0.39, 0.29) is 6.10 Å². The van der Waals surface area contributed by atoms with E-state index in [1.165, 1.54) is 38.5 Å². The fourth-order valence-electron chi connectivity index (χ4n) is 5.46. The predicted molar refractivity (Wildman–Crippen MR) is 61.5 cm³/mol. The van der Waals surface area contributed by atoms with Crippen LogP contribution in [-0.4, -0.2) is 11.2 Å². The molecule has 1 N–H and O–H groups in total. The van der Waals surface area contributed by atoms with Gasteiger partial charge in [-0.05, 0) is 54.8 Å². The van der Waals surface area contributed by atoms with Gasteiger partial charge in [0.2, 0.25) is 0 Å². The van der Waals surface area contributed by atoms with Crippen molar-refractivity contribution >= 4 is 0 Å². The summed E-state index contributed by atoms with van der Waals surface area (Å²) in [5.41, 5.74) is 1.20. The molecule has 0 amide bonds. The molecule has 15 heavy (non-hydrogen) atoms. The molecular weight excluding hydrogens is 184 g/mol. The topological polar surface area (TPSA) is 20.2 Å². The Kier molecular flexibility index (Phi) is 2.03. The van der Waals surface area contributed by atoms with Crippen LogP contribution in [0.15, 0.2) is 0 Å². The van der Waals surface area contributed by atoms with Gasteiger partial charge in [-0.3, -0.25) is 0 Å². The first-order chi connectivity index (χ1) is 7.12. The molecule has 3 aliphatic rings. The van der Waals surface area contributed by atoms with Crippen LogP contribution < -0.4 is 0 Å². The van der Waals surface area contributed by atoms with Crippen molar-refractivity contribution in [3.8, 4) is 0 Å². The van der Waals surface area contributed by atoms with Crippen LogP contribution in [0.1, 0.15) is 58.8 Å². The van der Waals surface area contributed by atoms with Crippen LogP contribution in [0.25, 0.3) is 0 Å². The summed E-state index contributed by atoms with van der Waals surface area (Å²) in [4.78, 5) is 0. The SMILES string of the molecule is CC[C@@]1(C)C[C@]23CCC[C@H](O)C2CCC13. The Hall–Kier alpha value is -0.0400. The van der Waals surface area contributed by atoms with Gasteiger partial charge in [-0.25, -0.2) is 0 Å². The minimum absolute atomic E-state index is 0.0326. The summed E-state index contributed by atoms with van der Waals surface area (Å²) in [6.45, 7) is 4.83. The molecular formula is C14H24O. The second-order valence-corrected chi connectivity index (χ2v) is 6.61. The molecule has 2 unspecified atom stereocenters. The van der Waals surface area contributed by atoms with Crippen molar-refractivity contribution in [2.45, 2.75) is 64.9 Å². The summed E-state index contributed by atoms with van der Waals surface area (Å²) in [6.07, 6.45) is 9.23. The average molecular weight is 208 g/mol. The summed E-state index contributed by atoms with van der Waals surface area (Å²) >= 11 is 0. The monoisotopic (exact) mass is 208 g/mol. The highest BCUT2D eigenvalue weighted by Gasteiger charge is 2.66. The second kappa shape index (κ2) is 3.00. The van der Waals surface area contributed by atoms with Crippen LogP contribution in [0.4, 0.5) is 0 Å². The van der Waals surface area contributed by atoms with Crippen molar-refractivity contribution in [3.05, 3.63) is 0 Å². The van der Waals surface area contributed by atoms with E-state index in [1.807, 2.05) is 0 Å². The number of rotatable bonds is 1. The molecule has 0 saturated heterocycles. The molecule has 0 radical (unpaired) electrons. The molecule has 0 bridgehead atoms. The van der Waals surface area contributed by atoms with Gasteiger partial charge in [0.15, 0.2) is 0 Å². The molecule has 1 nitrogen and oxygen atoms in total. The highest BCUT2D eigenvalue weighted by atomic mass is 16.3. The van der Waals surface area contributed by atoms with Gasteiger partial charge in [-0.15, -0.1) is 0 Å². The number of aliphatic hydroxyl groups is 1. The molecule has 5 atom stereocenters. The van der Waals surface area contributed by atoms with E-state index in [9.17, 15) is 5.11 Å². The standard InChI is InChI=1S/C14H24O/c1-3-13(2)9-14-8-4-5-11(15)10(14)6-7-12(13)14/h10-12,15H,3-9H2,1-2H3/t10?,11-,12?,13-,14+/m0/s1. The molecule has 0 aromatic rings. The van der Waals surface area contributed by atoms with E-state index < -0.39 is 0 Å². The quantitative estimate of drug-likeness (QED) is 0.700. The summed E-state index contributed by atoms with van der Waals surface area (Å²) in [7, 11) is 0. The van der Waals surface area contributed by atoms with Gasteiger partial charge in [0.25, 0.3) is 0 Å². The molecule has 3 saturated carbocycles. The van der Waals surface area contributed by atoms with Crippen molar-refractivity contribution in [1.29, 1.82) is 0 Å². The third-order valence-electron chi connectivity index (χ3n) is 6.19. The third kappa shape index (κ3) is 1.08. The number of hydrogen-bond acceptors (Lipinski definition) is 1. The van der Waals surface area contributed by atoms with Crippen LogP contribution in [-0.2, 0) is 0 Å². The first-order valence-corrected chi connectivity index (χ1v) is 6.80. The molecule has 86 valence electrons. The van der Waals surface area contributed by atoms with Crippen molar-refractivity contribution in [2.75, 3.05) is 0 Å². The number of aliphatic hydroxyl groups excluding tert-OH is 1. The number of hydrogen-bond donors (Lipinski definition) is 1. The van der Waals surface area contributed by atoms with Crippen LogP contribution in [0.3, 0.4) is 0 Å². The molecule has 3 fully saturated rings. The van der Waals surface area contributed by atoms with Crippen molar-refractivity contribution in [3.63, 3.8) is 0 Å². The van der Waals surface area contributed by atoms with E-state index in [0.717, 1.165) is 12.3 Å². The lowest BCUT2D eigenvalue weighted by atomic mass is 9.41. The molecule has 0 heterocycles. The smallest absolute Gasteiger partial charge is 0.0573 e. The van der Waals surface area contributed by atoms with Gasteiger partial charge in [-0.1, -0.05) is 26.7 Å². The Morgan fingerprint density at radius 3 is 2.80 bits per heavy atom. The summed E-state index contributed by atoms with van der Waals surface area (Å²) < 4.78 is 0. The Morgan fingerprint density at radius 2 is 2.07 bits per heavy atom. The molecule has 0 aliphatic heterocycles. The highest BCUT2D eigenvalue weighted by Crippen LogP contribution is 2.73. The largest absolute Gasteiger partial charge is 0.393 e. The van der Waals surface area contributed by atoms with Gasteiger partial charge < -0.3 is 5.11 Å². The van der Waals surface area contributed by atoms with E-state index in [2.05, 4.69) is 13.8 Å². The Bertz CT molecular complexity index is 275.